The van der Waals surface area contributed by atoms with E-state index in [2.05, 4.69) is 49.8 Å². The third kappa shape index (κ3) is 3.43. The SMILES string of the molecule is CCN(CC)CCn1nnc(N)c1C(C)(C)C. The Balaban J connectivity index is 2.79. The number of nitrogens with zero attached hydrogens (tertiary/aromatic N) is 4. The molecule has 0 bridgehead atoms. The summed E-state index contributed by atoms with van der Waals surface area (Å²) in [4.78, 5) is 2.37. The molecule has 17 heavy (non-hydrogen) atoms. The molecule has 1 aromatic heterocycles. The number of hydrogen-bond acceptors (Lipinski definition) is 4. The Kier molecular flexibility index (Phi) is 4.51. The molecule has 0 amide bonds. The second kappa shape index (κ2) is 5.49. The minimum Gasteiger partial charge on any atom is -0.381 e. The monoisotopic (exact) mass is 239 g/mol. The number of anilines is 1. The van der Waals surface area contributed by atoms with Crippen molar-refractivity contribution in [2.75, 3.05) is 25.4 Å². The molecule has 0 aliphatic rings. The van der Waals surface area contributed by atoms with Crippen molar-refractivity contribution < 1.29 is 0 Å². The first-order valence-electron chi connectivity index (χ1n) is 6.32. The first kappa shape index (κ1) is 14.0. The lowest BCUT2D eigenvalue weighted by Crippen LogP contribution is -2.29. The Bertz CT molecular complexity index is 346. The minimum absolute atomic E-state index is 0.0170. The summed E-state index contributed by atoms with van der Waals surface area (Å²) in [5, 5.41) is 8.12. The lowest BCUT2D eigenvalue weighted by molar-refractivity contribution is 0.279. The van der Waals surface area contributed by atoms with Gasteiger partial charge in [-0.2, -0.15) is 0 Å². The lowest BCUT2D eigenvalue weighted by Gasteiger charge is -2.22. The van der Waals surface area contributed by atoms with Crippen LogP contribution in [0.2, 0.25) is 0 Å². The number of nitrogens with two attached hydrogens (primary N) is 1. The number of rotatable bonds is 5. The zero-order valence-corrected chi connectivity index (χ0v) is 11.7. The Morgan fingerprint density at radius 3 is 2.29 bits per heavy atom. The largest absolute Gasteiger partial charge is 0.381 e. The summed E-state index contributed by atoms with van der Waals surface area (Å²) >= 11 is 0. The molecule has 0 atom stereocenters. The van der Waals surface area contributed by atoms with E-state index in [1.165, 1.54) is 0 Å². The average molecular weight is 239 g/mol. The molecule has 0 radical (unpaired) electrons. The van der Waals surface area contributed by atoms with Gasteiger partial charge < -0.3 is 10.6 Å². The van der Waals surface area contributed by atoms with Crippen molar-refractivity contribution in [3.05, 3.63) is 5.69 Å². The highest BCUT2D eigenvalue weighted by Crippen LogP contribution is 2.25. The molecule has 2 N–H and O–H groups in total. The van der Waals surface area contributed by atoms with Crippen molar-refractivity contribution in [3.8, 4) is 0 Å². The Morgan fingerprint density at radius 1 is 1.24 bits per heavy atom. The van der Waals surface area contributed by atoms with Crippen molar-refractivity contribution >= 4 is 5.82 Å². The molecule has 0 fully saturated rings. The molecule has 0 aliphatic heterocycles. The molecule has 0 unspecified atom stereocenters. The molecular formula is C12H25N5. The van der Waals surface area contributed by atoms with Gasteiger partial charge >= 0.3 is 0 Å². The molecule has 0 aromatic carbocycles. The van der Waals surface area contributed by atoms with Crippen LogP contribution in [0.3, 0.4) is 0 Å². The van der Waals surface area contributed by atoms with Crippen LogP contribution in [-0.4, -0.2) is 39.5 Å². The smallest absolute Gasteiger partial charge is 0.169 e. The predicted octanol–water partition coefficient (Wildman–Crippen LogP) is 1.50. The van der Waals surface area contributed by atoms with Crippen molar-refractivity contribution in [1.29, 1.82) is 0 Å². The summed E-state index contributed by atoms with van der Waals surface area (Å²) in [7, 11) is 0. The average Bonchev–Trinajstić information content (AvgIpc) is 2.61. The maximum Gasteiger partial charge on any atom is 0.169 e. The van der Waals surface area contributed by atoms with Crippen molar-refractivity contribution in [2.45, 2.75) is 46.6 Å². The van der Waals surface area contributed by atoms with Crippen LogP contribution in [0.5, 0.6) is 0 Å². The van der Waals surface area contributed by atoms with Crippen LogP contribution < -0.4 is 5.73 Å². The summed E-state index contributed by atoms with van der Waals surface area (Å²) in [6.07, 6.45) is 0. The molecule has 1 rings (SSSR count). The fraction of sp³-hybridized carbons (Fsp3) is 0.833. The van der Waals surface area contributed by atoms with Crippen LogP contribution in [0.4, 0.5) is 5.82 Å². The summed E-state index contributed by atoms with van der Waals surface area (Å²) in [6.45, 7) is 14.7. The fourth-order valence-electron chi connectivity index (χ4n) is 2.03. The van der Waals surface area contributed by atoms with E-state index in [9.17, 15) is 0 Å². The third-order valence-corrected chi connectivity index (χ3v) is 2.99. The topological polar surface area (TPSA) is 60.0 Å². The number of hydrogen-bond donors (Lipinski definition) is 1. The van der Waals surface area contributed by atoms with Crippen LogP contribution in [0.1, 0.15) is 40.3 Å². The van der Waals surface area contributed by atoms with Crippen molar-refractivity contribution in [3.63, 3.8) is 0 Å². The van der Waals surface area contributed by atoms with Gasteiger partial charge in [-0.3, -0.25) is 0 Å². The second-order valence-electron chi connectivity index (χ2n) is 5.32. The van der Waals surface area contributed by atoms with E-state index in [4.69, 9.17) is 5.73 Å². The zero-order valence-electron chi connectivity index (χ0n) is 11.7. The van der Waals surface area contributed by atoms with E-state index in [-0.39, 0.29) is 5.41 Å². The lowest BCUT2D eigenvalue weighted by atomic mass is 9.92. The van der Waals surface area contributed by atoms with Gasteiger partial charge in [0.05, 0.1) is 12.2 Å². The highest BCUT2D eigenvalue weighted by molar-refractivity contribution is 5.37. The quantitative estimate of drug-likeness (QED) is 0.846. The van der Waals surface area contributed by atoms with Crippen LogP contribution in [0.15, 0.2) is 0 Å². The van der Waals surface area contributed by atoms with E-state index in [1.54, 1.807) is 0 Å². The normalized spacial score (nSPS) is 12.4. The van der Waals surface area contributed by atoms with Crippen molar-refractivity contribution in [2.24, 2.45) is 0 Å². The molecular weight excluding hydrogens is 214 g/mol. The molecule has 0 spiro atoms. The zero-order chi connectivity index (χ0) is 13.1. The summed E-state index contributed by atoms with van der Waals surface area (Å²) < 4.78 is 1.94. The third-order valence-electron chi connectivity index (χ3n) is 2.99. The number of nitrogen functional groups attached to an aromatic ring is 1. The van der Waals surface area contributed by atoms with Crippen LogP contribution >= 0.6 is 0 Å². The Hall–Kier alpha value is -1.10. The van der Waals surface area contributed by atoms with Gasteiger partial charge in [0.15, 0.2) is 5.82 Å². The molecule has 1 heterocycles. The second-order valence-corrected chi connectivity index (χ2v) is 5.32. The number of aromatic nitrogens is 3. The summed E-state index contributed by atoms with van der Waals surface area (Å²) in [5.74, 6) is 0.553. The molecule has 98 valence electrons. The fourth-order valence-corrected chi connectivity index (χ4v) is 2.03. The van der Waals surface area contributed by atoms with E-state index >= 15 is 0 Å². The molecule has 0 saturated carbocycles. The van der Waals surface area contributed by atoms with Gasteiger partial charge in [-0.1, -0.05) is 39.8 Å². The standard InChI is InChI=1S/C12H25N5/c1-6-16(7-2)8-9-17-10(12(3,4)5)11(13)14-15-17/h6-9,13H2,1-5H3. The minimum atomic E-state index is -0.0170. The first-order chi connectivity index (χ1) is 7.90. The van der Waals surface area contributed by atoms with Gasteiger partial charge in [0.1, 0.15) is 0 Å². The van der Waals surface area contributed by atoms with Crippen molar-refractivity contribution in [1.82, 2.24) is 19.9 Å². The Labute approximate surface area is 104 Å². The van der Waals surface area contributed by atoms with Gasteiger partial charge in [0.2, 0.25) is 0 Å². The summed E-state index contributed by atoms with van der Waals surface area (Å²) in [5.41, 5.74) is 6.91. The molecule has 0 saturated heterocycles. The van der Waals surface area contributed by atoms with Crippen LogP contribution in [0.25, 0.3) is 0 Å². The van der Waals surface area contributed by atoms with E-state index in [0.717, 1.165) is 31.9 Å². The van der Waals surface area contributed by atoms with Gasteiger partial charge in [-0.05, 0) is 13.1 Å². The van der Waals surface area contributed by atoms with Crippen LogP contribution in [-0.2, 0) is 12.0 Å². The molecule has 5 nitrogen and oxygen atoms in total. The van der Waals surface area contributed by atoms with Gasteiger partial charge in [0, 0.05) is 12.0 Å². The predicted molar refractivity (Wildman–Crippen MR) is 70.9 cm³/mol. The van der Waals surface area contributed by atoms with Crippen LogP contribution in [0, 0.1) is 0 Å². The highest BCUT2D eigenvalue weighted by Gasteiger charge is 2.23. The van der Waals surface area contributed by atoms with Gasteiger partial charge in [-0.25, -0.2) is 4.68 Å². The first-order valence-corrected chi connectivity index (χ1v) is 6.32. The van der Waals surface area contributed by atoms with Gasteiger partial charge in [-0.15, -0.1) is 5.10 Å². The maximum atomic E-state index is 5.89. The van der Waals surface area contributed by atoms with Gasteiger partial charge in [0.25, 0.3) is 0 Å². The molecule has 5 heteroatoms. The number of likely N-dealkylation sites (N-methyl/N-ethyl adjacent to an activating group) is 1. The summed E-state index contributed by atoms with van der Waals surface area (Å²) in [6, 6.07) is 0. The highest BCUT2D eigenvalue weighted by atomic mass is 15.5. The van der Waals surface area contributed by atoms with E-state index in [0.29, 0.717) is 5.82 Å². The Morgan fingerprint density at radius 2 is 1.82 bits per heavy atom. The molecule has 0 aliphatic carbocycles. The molecule has 1 aromatic rings. The van der Waals surface area contributed by atoms with E-state index < -0.39 is 0 Å². The maximum absolute atomic E-state index is 5.89. The van der Waals surface area contributed by atoms with E-state index in [1.807, 2.05) is 4.68 Å².